The van der Waals surface area contributed by atoms with Crippen molar-refractivity contribution in [3.8, 4) is 0 Å². The zero-order valence-corrected chi connectivity index (χ0v) is 10.3. The molecular weight excluding hydrogens is 216 g/mol. The second-order valence-electron chi connectivity index (χ2n) is 4.41. The van der Waals surface area contributed by atoms with Crippen LogP contribution in [0.25, 0.3) is 0 Å². The Bertz CT molecular complexity index is 370. The molecule has 0 unspecified atom stereocenters. The SMILES string of the molecule is CCNCc1nccn1CCC(=O)NC1CC1. The Hall–Kier alpha value is -1.36. The van der Waals surface area contributed by atoms with Crippen LogP contribution in [0.1, 0.15) is 32.0 Å². The van der Waals surface area contributed by atoms with Gasteiger partial charge < -0.3 is 15.2 Å². The Kier molecular flexibility index (Phi) is 4.14. The number of aromatic nitrogens is 2. The molecule has 0 radical (unpaired) electrons. The molecule has 1 aliphatic carbocycles. The smallest absolute Gasteiger partial charge is 0.222 e. The van der Waals surface area contributed by atoms with Gasteiger partial charge in [-0.05, 0) is 19.4 Å². The molecule has 0 aliphatic heterocycles. The van der Waals surface area contributed by atoms with Gasteiger partial charge in [-0.1, -0.05) is 6.92 Å². The van der Waals surface area contributed by atoms with Gasteiger partial charge in [0.1, 0.15) is 5.82 Å². The quantitative estimate of drug-likeness (QED) is 0.731. The minimum Gasteiger partial charge on any atom is -0.353 e. The third kappa shape index (κ3) is 3.85. The highest BCUT2D eigenvalue weighted by molar-refractivity contribution is 5.76. The van der Waals surface area contributed by atoms with Crippen LogP contribution in [-0.4, -0.2) is 28.0 Å². The summed E-state index contributed by atoms with van der Waals surface area (Å²) >= 11 is 0. The molecule has 1 amide bonds. The molecule has 1 saturated carbocycles. The van der Waals surface area contributed by atoms with E-state index < -0.39 is 0 Å². The van der Waals surface area contributed by atoms with Crippen molar-refractivity contribution in [2.45, 2.75) is 45.3 Å². The summed E-state index contributed by atoms with van der Waals surface area (Å²) in [5, 5.41) is 6.23. The zero-order valence-electron chi connectivity index (χ0n) is 10.3. The van der Waals surface area contributed by atoms with Crippen LogP contribution in [-0.2, 0) is 17.9 Å². The monoisotopic (exact) mass is 236 g/mol. The van der Waals surface area contributed by atoms with E-state index in [9.17, 15) is 4.79 Å². The van der Waals surface area contributed by atoms with Gasteiger partial charge in [-0.2, -0.15) is 0 Å². The number of aryl methyl sites for hydroxylation is 1. The zero-order chi connectivity index (χ0) is 12.1. The Morgan fingerprint density at radius 1 is 1.59 bits per heavy atom. The fourth-order valence-corrected chi connectivity index (χ4v) is 1.70. The lowest BCUT2D eigenvalue weighted by atomic mass is 10.3. The summed E-state index contributed by atoms with van der Waals surface area (Å²) in [4.78, 5) is 15.8. The highest BCUT2D eigenvalue weighted by Crippen LogP contribution is 2.18. The van der Waals surface area contributed by atoms with Crippen molar-refractivity contribution in [3.63, 3.8) is 0 Å². The van der Waals surface area contributed by atoms with Crippen molar-refractivity contribution in [2.24, 2.45) is 0 Å². The Morgan fingerprint density at radius 3 is 3.12 bits per heavy atom. The maximum Gasteiger partial charge on any atom is 0.222 e. The van der Waals surface area contributed by atoms with Gasteiger partial charge in [-0.3, -0.25) is 4.79 Å². The average Bonchev–Trinajstić information content (AvgIpc) is 3.01. The third-order valence-electron chi connectivity index (χ3n) is 2.86. The molecule has 1 aliphatic rings. The van der Waals surface area contributed by atoms with E-state index in [1.165, 1.54) is 0 Å². The van der Waals surface area contributed by atoms with Gasteiger partial charge in [0.05, 0.1) is 6.54 Å². The van der Waals surface area contributed by atoms with Crippen molar-refractivity contribution in [1.29, 1.82) is 0 Å². The first-order valence-electron chi connectivity index (χ1n) is 6.29. The first kappa shape index (κ1) is 12.1. The van der Waals surface area contributed by atoms with E-state index in [4.69, 9.17) is 0 Å². The molecule has 1 fully saturated rings. The summed E-state index contributed by atoms with van der Waals surface area (Å²) in [6.07, 6.45) is 6.53. The number of nitrogens with one attached hydrogen (secondary N) is 2. The number of imidazole rings is 1. The summed E-state index contributed by atoms with van der Waals surface area (Å²) in [6, 6.07) is 0.450. The lowest BCUT2D eigenvalue weighted by Crippen LogP contribution is -2.26. The molecule has 2 N–H and O–H groups in total. The van der Waals surface area contributed by atoms with Gasteiger partial charge in [-0.15, -0.1) is 0 Å². The van der Waals surface area contributed by atoms with Crippen LogP contribution >= 0.6 is 0 Å². The molecule has 0 spiro atoms. The molecule has 0 aromatic carbocycles. The average molecular weight is 236 g/mol. The second kappa shape index (κ2) is 5.82. The van der Waals surface area contributed by atoms with Crippen LogP contribution in [0.3, 0.4) is 0 Å². The molecule has 2 rings (SSSR count). The van der Waals surface area contributed by atoms with Gasteiger partial charge in [0.2, 0.25) is 5.91 Å². The highest BCUT2D eigenvalue weighted by atomic mass is 16.1. The third-order valence-corrected chi connectivity index (χ3v) is 2.86. The van der Waals surface area contributed by atoms with Gasteiger partial charge in [-0.25, -0.2) is 4.98 Å². The van der Waals surface area contributed by atoms with Crippen molar-refractivity contribution >= 4 is 5.91 Å². The summed E-state index contributed by atoms with van der Waals surface area (Å²) in [6.45, 7) is 4.46. The van der Waals surface area contributed by atoms with Crippen molar-refractivity contribution < 1.29 is 4.79 Å². The molecule has 17 heavy (non-hydrogen) atoms. The predicted molar refractivity (Wildman–Crippen MR) is 65.4 cm³/mol. The molecule has 1 aromatic rings. The maximum absolute atomic E-state index is 11.6. The molecule has 1 heterocycles. The second-order valence-corrected chi connectivity index (χ2v) is 4.41. The fraction of sp³-hybridized carbons (Fsp3) is 0.667. The van der Waals surface area contributed by atoms with E-state index in [1.54, 1.807) is 6.20 Å². The van der Waals surface area contributed by atoms with Crippen LogP contribution in [0.5, 0.6) is 0 Å². The topological polar surface area (TPSA) is 59.0 Å². The summed E-state index contributed by atoms with van der Waals surface area (Å²) in [5.74, 6) is 1.14. The number of hydrogen-bond donors (Lipinski definition) is 2. The van der Waals surface area contributed by atoms with Crippen LogP contribution in [0.2, 0.25) is 0 Å². The first-order valence-corrected chi connectivity index (χ1v) is 6.29. The highest BCUT2D eigenvalue weighted by Gasteiger charge is 2.22. The van der Waals surface area contributed by atoms with Crippen LogP contribution in [0.4, 0.5) is 0 Å². The van der Waals surface area contributed by atoms with Gasteiger partial charge in [0.15, 0.2) is 0 Å². The Morgan fingerprint density at radius 2 is 2.41 bits per heavy atom. The van der Waals surface area contributed by atoms with Gasteiger partial charge in [0.25, 0.3) is 0 Å². The molecule has 94 valence electrons. The molecule has 5 heteroatoms. The minimum atomic E-state index is 0.149. The summed E-state index contributed by atoms with van der Waals surface area (Å²) in [7, 11) is 0. The number of carbonyl (C=O) groups excluding carboxylic acids is 1. The first-order chi connectivity index (χ1) is 8.29. The van der Waals surface area contributed by atoms with E-state index in [2.05, 4.69) is 22.5 Å². The van der Waals surface area contributed by atoms with Gasteiger partial charge in [0, 0.05) is 31.4 Å². The number of amides is 1. The van der Waals surface area contributed by atoms with Crippen LogP contribution in [0.15, 0.2) is 12.4 Å². The van der Waals surface area contributed by atoms with Crippen molar-refractivity contribution in [2.75, 3.05) is 6.54 Å². The molecule has 0 bridgehead atoms. The predicted octanol–water partition coefficient (Wildman–Crippen LogP) is 0.661. The summed E-state index contributed by atoms with van der Waals surface area (Å²) < 4.78 is 2.04. The molecular formula is C12H20N4O. The minimum absolute atomic E-state index is 0.149. The lowest BCUT2D eigenvalue weighted by Gasteiger charge is -2.08. The summed E-state index contributed by atoms with van der Waals surface area (Å²) in [5.41, 5.74) is 0. The van der Waals surface area contributed by atoms with E-state index in [-0.39, 0.29) is 5.91 Å². The number of carbonyl (C=O) groups is 1. The molecule has 1 aromatic heterocycles. The molecule has 5 nitrogen and oxygen atoms in total. The number of rotatable bonds is 7. The van der Waals surface area contributed by atoms with Crippen LogP contribution < -0.4 is 10.6 Å². The molecule has 0 atom stereocenters. The lowest BCUT2D eigenvalue weighted by molar-refractivity contribution is -0.121. The van der Waals surface area contributed by atoms with E-state index >= 15 is 0 Å². The standard InChI is InChI=1S/C12H20N4O/c1-2-13-9-11-14-6-8-16(11)7-5-12(17)15-10-3-4-10/h6,8,10,13H,2-5,7,9H2,1H3,(H,15,17). The van der Waals surface area contributed by atoms with Gasteiger partial charge >= 0.3 is 0 Å². The number of nitrogens with zero attached hydrogens (tertiary/aromatic N) is 2. The van der Waals surface area contributed by atoms with Crippen molar-refractivity contribution in [3.05, 3.63) is 18.2 Å². The Balaban J connectivity index is 1.76. The normalized spacial score (nSPS) is 14.9. The van der Waals surface area contributed by atoms with E-state index in [0.29, 0.717) is 19.0 Å². The molecule has 0 saturated heterocycles. The van der Waals surface area contributed by atoms with E-state index in [1.807, 2.05) is 10.8 Å². The van der Waals surface area contributed by atoms with Crippen molar-refractivity contribution in [1.82, 2.24) is 20.2 Å². The van der Waals surface area contributed by atoms with Crippen LogP contribution in [0, 0.1) is 0 Å². The fourth-order valence-electron chi connectivity index (χ4n) is 1.70. The maximum atomic E-state index is 11.6. The Labute approximate surface area is 102 Å². The largest absolute Gasteiger partial charge is 0.353 e. The van der Waals surface area contributed by atoms with E-state index in [0.717, 1.165) is 31.8 Å². The number of hydrogen-bond acceptors (Lipinski definition) is 3.